The SMILES string of the molecule is Cc1ccc(S(=O)(=O)Nc2cc(-c3nc4ccccc4o3)ccc2-c2nc3ccccc3o2)cc1. The van der Waals surface area contributed by atoms with E-state index in [1.807, 2.05) is 55.5 Å². The van der Waals surface area contributed by atoms with Crippen LogP contribution in [0.2, 0.25) is 0 Å². The molecule has 2 heterocycles. The van der Waals surface area contributed by atoms with Gasteiger partial charge in [0.15, 0.2) is 11.2 Å². The van der Waals surface area contributed by atoms with Gasteiger partial charge in [0.2, 0.25) is 11.8 Å². The molecule has 0 unspecified atom stereocenters. The standard InChI is InChI=1S/C27H19N3O4S/c1-17-10-13-19(14-11-17)35(31,32)30-23-16-18(26-28-21-6-2-4-8-24(21)33-26)12-15-20(23)27-29-22-7-3-5-9-25(22)34-27/h2-16,30H,1H3. The summed E-state index contributed by atoms with van der Waals surface area (Å²) in [7, 11) is -3.88. The lowest BCUT2D eigenvalue weighted by molar-refractivity contribution is 0.601. The normalized spacial score (nSPS) is 11.8. The van der Waals surface area contributed by atoms with Crippen molar-refractivity contribution in [3.05, 3.63) is 96.6 Å². The van der Waals surface area contributed by atoms with Crippen molar-refractivity contribution < 1.29 is 17.3 Å². The first kappa shape index (κ1) is 21.1. The summed E-state index contributed by atoms with van der Waals surface area (Å²) < 4.78 is 41.1. The second kappa shape index (κ2) is 8.11. The van der Waals surface area contributed by atoms with E-state index in [2.05, 4.69) is 14.7 Å². The minimum atomic E-state index is -3.88. The molecule has 0 atom stereocenters. The molecule has 2 aromatic heterocycles. The number of nitrogens with one attached hydrogen (secondary N) is 1. The highest BCUT2D eigenvalue weighted by molar-refractivity contribution is 7.92. The molecule has 35 heavy (non-hydrogen) atoms. The number of para-hydroxylation sites is 4. The Labute approximate surface area is 201 Å². The third kappa shape index (κ3) is 3.94. The van der Waals surface area contributed by atoms with Crippen LogP contribution in [0.25, 0.3) is 45.1 Å². The molecule has 6 aromatic rings. The van der Waals surface area contributed by atoms with Gasteiger partial charge in [-0.1, -0.05) is 42.0 Å². The zero-order valence-electron chi connectivity index (χ0n) is 18.6. The first-order valence-corrected chi connectivity index (χ1v) is 12.4. The third-order valence-corrected chi connectivity index (χ3v) is 7.04. The van der Waals surface area contributed by atoms with Crippen molar-refractivity contribution in [3.63, 3.8) is 0 Å². The fraction of sp³-hybridized carbons (Fsp3) is 0.0370. The van der Waals surface area contributed by atoms with Gasteiger partial charge in [-0.15, -0.1) is 0 Å². The maximum Gasteiger partial charge on any atom is 0.261 e. The van der Waals surface area contributed by atoms with Gasteiger partial charge in [0.25, 0.3) is 10.0 Å². The lowest BCUT2D eigenvalue weighted by atomic mass is 10.1. The van der Waals surface area contributed by atoms with Gasteiger partial charge in [-0.2, -0.15) is 0 Å². The molecule has 0 amide bonds. The van der Waals surface area contributed by atoms with Crippen LogP contribution in [0.4, 0.5) is 5.69 Å². The smallest absolute Gasteiger partial charge is 0.261 e. The van der Waals surface area contributed by atoms with E-state index < -0.39 is 10.0 Å². The van der Waals surface area contributed by atoms with Crippen molar-refractivity contribution >= 4 is 37.9 Å². The van der Waals surface area contributed by atoms with Crippen LogP contribution in [-0.2, 0) is 10.0 Å². The minimum absolute atomic E-state index is 0.152. The van der Waals surface area contributed by atoms with Crippen molar-refractivity contribution in [2.45, 2.75) is 11.8 Å². The van der Waals surface area contributed by atoms with Gasteiger partial charge in [0, 0.05) is 5.56 Å². The topological polar surface area (TPSA) is 98.2 Å². The molecule has 1 N–H and O–H groups in total. The number of benzene rings is 4. The van der Waals surface area contributed by atoms with Crippen molar-refractivity contribution in [1.29, 1.82) is 0 Å². The minimum Gasteiger partial charge on any atom is -0.436 e. The van der Waals surface area contributed by atoms with Crippen LogP contribution in [0.15, 0.2) is 105 Å². The van der Waals surface area contributed by atoms with Gasteiger partial charge in [-0.05, 0) is 61.5 Å². The fourth-order valence-electron chi connectivity index (χ4n) is 3.85. The molecule has 0 fully saturated rings. The molecule has 6 rings (SSSR count). The van der Waals surface area contributed by atoms with Gasteiger partial charge in [0.1, 0.15) is 11.0 Å². The van der Waals surface area contributed by atoms with E-state index in [4.69, 9.17) is 8.83 Å². The number of aryl methyl sites for hydroxylation is 1. The van der Waals surface area contributed by atoms with Gasteiger partial charge in [-0.3, -0.25) is 4.72 Å². The van der Waals surface area contributed by atoms with E-state index in [0.29, 0.717) is 50.8 Å². The molecule has 0 aliphatic heterocycles. The average Bonchev–Trinajstić information content (AvgIpc) is 3.48. The van der Waals surface area contributed by atoms with Crippen molar-refractivity contribution in [3.8, 4) is 22.9 Å². The molecule has 0 spiro atoms. The molecule has 0 aliphatic rings. The Bertz CT molecular complexity index is 1740. The summed E-state index contributed by atoms with van der Waals surface area (Å²) in [6.07, 6.45) is 0. The Morgan fingerprint density at radius 3 is 1.97 bits per heavy atom. The number of rotatable bonds is 5. The third-order valence-electron chi connectivity index (χ3n) is 5.66. The molecule has 7 nitrogen and oxygen atoms in total. The van der Waals surface area contributed by atoms with E-state index >= 15 is 0 Å². The Kier molecular flexibility index (Phi) is 4.89. The molecular formula is C27H19N3O4S. The van der Waals surface area contributed by atoms with E-state index in [9.17, 15) is 8.42 Å². The average molecular weight is 482 g/mol. The summed E-state index contributed by atoms with van der Waals surface area (Å²) >= 11 is 0. The van der Waals surface area contributed by atoms with Crippen molar-refractivity contribution in [1.82, 2.24) is 9.97 Å². The lowest BCUT2D eigenvalue weighted by Gasteiger charge is -2.12. The second-order valence-electron chi connectivity index (χ2n) is 8.15. The van der Waals surface area contributed by atoms with Gasteiger partial charge < -0.3 is 8.83 Å². The van der Waals surface area contributed by atoms with Crippen LogP contribution in [0.3, 0.4) is 0 Å². The van der Waals surface area contributed by atoms with E-state index in [1.165, 1.54) is 0 Å². The Morgan fingerprint density at radius 2 is 1.31 bits per heavy atom. The van der Waals surface area contributed by atoms with Gasteiger partial charge in [0.05, 0.1) is 16.1 Å². The number of anilines is 1. The molecule has 8 heteroatoms. The maximum absolute atomic E-state index is 13.3. The highest BCUT2D eigenvalue weighted by Crippen LogP contribution is 2.35. The zero-order valence-corrected chi connectivity index (χ0v) is 19.4. The Balaban J connectivity index is 1.49. The number of hydrogen-bond donors (Lipinski definition) is 1. The monoisotopic (exact) mass is 481 g/mol. The predicted molar refractivity (Wildman–Crippen MR) is 134 cm³/mol. The van der Waals surface area contributed by atoms with Crippen LogP contribution >= 0.6 is 0 Å². The number of oxazole rings is 2. The number of sulfonamides is 1. The lowest BCUT2D eigenvalue weighted by Crippen LogP contribution is -2.13. The number of hydrogen-bond acceptors (Lipinski definition) is 6. The number of aromatic nitrogens is 2. The van der Waals surface area contributed by atoms with Crippen LogP contribution in [0.5, 0.6) is 0 Å². The molecule has 0 radical (unpaired) electrons. The molecule has 0 saturated heterocycles. The Hall–Kier alpha value is -4.43. The van der Waals surface area contributed by atoms with E-state index in [1.54, 1.807) is 42.5 Å². The van der Waals surface area contributed by atoms with Gasteiger partial charge >= 0.3 is 0 Å². The highest BCUT2D eigenvalue weighted by Gasteiger charge is 2.21. The van der Waals surface area contributed by atoms with Crippen LogP contribution in [0, 0.1) is 6.92 Å². The summed E-state index contributed by atoms with van der Waals surface area (Å²) in [5.74, 6) is 0.683. The molecule has 0 aliphatic carbocycles. The quantitative estimate of drug-likeness (QED) is 0.305. The largest absolute Gasteiger partial charge is 0.436 e. The summed E-state index contributed by atoms with van der Waals surface area (Å²) in [5, 5.41) is 0. The van der Waals surface area contributed by atoms with Crippen molar-refractivity contribution in [2.24, 2.45) is 0 Å². The predicted octanol–water partition coefficient (Wildman–Crippen LogP) is 6.41. The molecular weight excluding hydrogens is 462 g/mol. The highest BCUT2D eigenvalue weighted by atomic mass is 32.2. The number of fused-ring (bicyclic) bond motifs is 2. The molecule has 0 saturated carbocycles. The first-order valence-electron chi connectivity index (χ1n) is 10.9. The summed E-state index contributed by atoms with van der Waals surface area (Å²) in [5.41, 5.74) is 5.03. The maximum atomic E-state index is 13.3. The van der Waals surface area contributed by atoms with Crippen molar-refractivity contribution in [2.75, 3.05) is 4.72 Å². The summed E-state index contributed by atoms with van der Waals surface area (Å²) in [6, 6.07) is 26.7. The molecule has 172 valence electrons. The van der Waals surface area contributed by atoms with Crippen LogP contribution in [0.1, 0.15) is 5.56 Å². The van der Waals surface area contributed by atoms with E-state index in [-0.39, 0.29) is 4.90 Å². The Morgan fingerprint density at radius 1 is 0.714 bits per heavy atom. The zero-order chi connectivity index (χ0) is 24.0. The molecule has 4 aromatic carbocycles. The summed E-state index contributed by atoms with van der Waals surface area (Å²) in [6.45, 7) is 1.90. The van der Waals surface area contributed by atoms with E-state index in [0.717, 1.165) is 5.56 Å². The van der Waals surface area contributed by atoms with Gasteiger partial charge in [-0.25, -0.2) is 18.4 Å². The second-order valence-corrected chi connectivity index (χ2v) is 9.83. The van der Waals surface area contributed by atoms with Crippen LogP contribution < -0.4 is 4.72 Å². The van der Waals surface area contributed by atoms with Crippen LogP contribution in [-0.4, -0.2) is 18.4 Å². The fourth-order valence-corrected chi connectivity index (χ4v) is 4.92. The first-order chi connectivity index (χ1) is 17.0. The molecule has 0 bridgehead atoms. The number of nitrogens with zero attached hydrogens (tertiary/aromatic N) is 2. The summed E-state index contributed by atoms with van der Waals surface area (Å²) in [4.78, 5) is 9.25.